The molecule has 0 unspecified atom stereocenters. The van der Waals surface area contributed by atoms with E-state index >= 15 is 0 Å². The van der Waals surface area contributed by atoms with Crippen LogP contribution in [-0.4, -0.2) is 69.3 Å². The third-order valence-corrected chi connectivity index (χ3v) is 4.77. The molecule has 1 saturated heterocycles. The molecule has 0 aromatic heterocycles. The predicted octanol–water partition coefficient (Wildman–Crippen LogP) is 1.74. The zero-order valence-corrected chi connectivity index (χ0v) is 16.0. The average molecular weight is 375 g/mol. The second kappa shape index (κ2) is 9.71. The summed E-state index contributed by atoms with van der Waals surface area (Å²) in [5.41, 5.74) is 1.90. The summed E-state index contributed by atoms with van der Waals surface area (Å²) in [4.78, 5) is 28.3. The van der Waals surface area contributed by atoms with E-state index in [9.17, 15) is 9.59 Å². The number of nitrogens with one attached hydrogen (secondary N) is 1. The molecule has 1 heterocycles. The number of anilines is 2. The first-order chi connectivity index (χ1) is 13.1. The highest BCUT2D eigenvalue weighted by Gasteiger charge is 2.26. The molecule has 0 atom stereocenters. The fraction of sp³-hybridized carbons (Fsp3) is 0.600. The first kappa shape index (κ1) is 19.6. The highest BCUT2D eigenvalue weighted by atomic mass is 16.5. The third kappa shape index (κ3) is 6.52. The number of amides is 1. The smallest absolute Gasteiger partial charge is 0.320 e. The lowest BCUT2D eigenvalue weighted by Crippen LogP contribution is -2.38. The fourth-order valence-electron chi connectivity index (χ4n) is 3.22. The number of esters is 1. The van der Waals surface area contributed by atoms with Crippen molar-refractivity contribution in [2.24, 2.45) is 5.92 Å². The first-order valence-corrected chi connectivity index (χ1v) is 9.74. The summed E-state index contributed by atoms with van der Waals surface area (Å²) >= 11 is 0. The zero-order valence-electron chi connectivity index (χ0n) is 16.0. The number of carbonyl (C=O) groups excluding carboxylic acids is 2. The number of hydrogen-bond acceptors (Lipinski definition) is 6. The molecule has 2 fully saturated rings. The number of carbonyl (C=O) groups is 2. The molecule has 0 spiro atoms. The van der Waals surface area contributed by atoms with Gasteiger partial charge in [0.05, 0.1) is 32.9 Å². The van der Waals surface area contributed by atoms with E-state index in [1.165, 1.54) is 12.8 Å². The van der Waals surface area contributed by atoms with Gasteiger partial charge in [-0.05, 0) is 49.9 Å². The van der Waals surface area contributed by atoms with Crippen LogP contribution in [0.2, 0.25) is 0 Å². The van der Waals surface area contributed by atoms with Gasteiger partial charge in [0.15, 0.2) is 0 Å². The molecule has 0 bridgehead atoms. The molecule has 0 radical (unpaired) electrons. The molecule has 1 aliphatic heterocycles. The van der Waals surface area contributed by atoms with Gasteiger partial charge in [-0.25, -0.2) is 0 Å². The van der Waals surface area contributed by atoms with Crippen molar-refractivity contribution in [3.8, 4) is 0 Å². The second-order valence-corrected chi connectivity index (χ2v) is 7.11. The summed E-state index contributed by atoms with van der Waals surface area (Å²) in [6.45, 7) is 6.53. The average Bonchev–Trinajstić information content (AvgIpc) is 3.47. The second-order valence-electron chi connectivity index (χ2n) is 7.11. The van der Waals surface area contributed by atoms with Crippen molar-refractivity contribution in [1.82, 2.24) is 4.90 Å². The Bertz CT molecular complexity index is 625. The molecule has 1 N–H and O–H groups in total. The molecule has 2 aliphatic rings. The van der Waals surface area contributed by atoms with Crippen LogP contribution in [0.3, 0.4) is 0 Å². The Morgan fingerprint density at radius 2 is 1.89 bits per heavy atom. The van der Waals surface area contributed by atoms with E-state index in [2.05, 4.69) is 10.2 Å². The predicted molar refractivity (Wildman–Crippen MR) is 104 cm³/mol. The van der Waals surface area contributed by atoms with Gasteiger partial charge in [-0.2, -0.15) is 0 Å². The minimum Gasteiger partial charge on any atom is -0.465 e. The molecular formula is C20H29N3O4. The van der Waals surface area contributed by atoms with Crippen molar-refractivity contribution < 1.29 is 19.1 Å². The van der Waals surface area contributed by atoms with Gasteiger partial charge in [0.2, 0.25) is 5.91 Å². The van der Waals surface area contributed by atoms with Crippen molar-refractivity contribution in [3.05, 3.63) is 24.3 Å². The monoisotopic (exact) mass is 375 g/mol. The van der Waals surface area contributed by atoms with Gasteiger partial charge in [0, 0.05) is 31.0 Å². The Hall–Kier alpha value is -2.12. The lowest BCUT2D eigenvalue weighted by molar-refractivity contribution is -0.144. The Balaban J connectivity index is 1.50. The van der Waals surface area contributed by atoms with Crippen molar-refractivity contribution in [1.29, 1.82) is 0 Å². The molecule has 1 aliphatic carbocycles. The van der Waals surface area contributed by atoms with E-state index in [-0.39, 0.29) is 25.0 Å². The van der Waals surface area contributed by atoms with Gasteiger partial charge >= 0.3 is 5.97 Å². The Morgan fingerprint density at radius 1 is 1.19 bits per heavy atom. The van der Waals surface area contributed by atoms with E-state index in [1.807, 2.05) is 29.2 Å². The third-order valence-electron chi connectivity index (χ3n) is 4.77. The Morgan fingerprint density at radius 3 is 2.52 bits per heavy atom. The number of benzene rings is 1. The van der Waals surface area contributed by atoms with E-state index < -0.39 is 0 Å². The summed E-state index contributed by atoms with van der Waals surface area (Å²) < 4.78 is 10.4. The standard InChI is InChI=1S/C20H29N3O4/c1-2-27-20(25)15-22(13-16-3-4-16)14-19(24)21-17-5-7-18(8-6-17)23-9-11-26-12-10-23/h5-8,16H,2-4,9-15H2,1H3,(H,21,24). The van der Waals surface area contributed by atoms with Crippen LogP contribution in [0, 0.1) is 5.92 Å². The zero-order chi connectivity index (χ0) is 19.1. The molecule has 7 nitrogen and oxygen atoms in total. The van der Waals surface area contributed by atoms with Crippen LogP contribution in [0.4, 0.5) is 11.4 Å². The van der Waals surface area contributed by atoms with Crippen LogP contribution in [0.1, 0.15) is 19.8 Å². The van der Waals surface area contributed by atoms with E-state index in [0.717, 1.165) is 44.2 Å². The van der Waals surface area contributed by atoms with Gasteiger partial charge in [-0.15, -0.1) is 0 Å². The summed E-state index contributed by atoms with van der Waals surface area (Å²) in [5.74, 6) is 0.208. The minimum atomic E-state index is -0.277. The van der Waals surface area contributed by atoms with Gasteiger partial charge in [-0.3, -0.25) is 14.5 Å². The number of ether oxygens (including phenoxy) is 2. The maximum Gasteiger partial charge on any atom is 0.320 e. The molecule has 1 saturated carbocycles. The van der Waals surface area contributed by atoms with Crippen LogP contribution in [0.5, 0.6) is 0 Å². The minimum absolute atomic E-state index is 0.112. The normalized spacial score (nSPS) is 17.0. The Labute approximate surface area is 160 Å². The number of nitrogens with zero attached hydrogens (tertiary/aromatic N) is 2. The lowest BCUT2D eigenvalue weighted by Gasteiger charge is -2.29. The summed E-state index contributed by atoms with van der Waals surface area (Å²) in [6, 6.07) is 7.86. The van der Waals surface area contributed by atoms with Gasteiger partial charge < -0.3 is 19.7 Å². The van der Waals surface area contributed by atoms with E-state index in [1.54, 1.807) is 6.92 Å². The molecular weight excluding hydrogens is 346 g/mol. The number of rotatable bonds is 9. The molecule has 1 aromatic rings. The molecule has 27 heavy (non-hydrogen) atoms. The van der Waals surface area contributed by atoms with Crippen molar-refractivity contribution in [2.75, 3.05) is 62.8 Å². The highest BCUT2D eigenvalue weighted by Crippen LogP contribution is 2.29. The van der Waals surface area contributed by atoms with Gasteiger partial charge in [-0.1, -0.05) is 0 Å². The van der Waals surface area contributed by atoms with Gasteiger partial charge in [0.25, 0.3) is 0 Å². The molecule has 7 heteroatoms. The molecule has 1 amide bonds. The molecule has 148 valence electrons. The van der Waals surface area contributed by atoms with Crippen LogP contribution in [-0.2, 0) is 19.1 Å². The molecule has 1 aromatic carbocycles. The van der Waals surface area contributed by atoms with Crippen LogP contribution in [0.25, 0.3) is 0 Å². The van der Waals surface area contributed by atoms with Crippen molar-refractivity contribution in [2.45, 2.75) is 19.8 Å². The van der Waals surface area contributed by atoms with E-state index in [0.29, 0.717) is 12.5 Å². The fourth-order valence-corrected chi connectivity index (χ4v) is 3.22. The van der Waals surface area contributed by atoms with Gasteiger partial charge in [0.1, 0.15) is 0 Å². The summed E-state index contributed by atoms with van der Waals surface area (Å²) in [7, 11) is 0. The van der Waals surface area contributed by atoms with Crippen LogP contribution < -0.4 is 10.2 Å². The molecule has 3 rings (SSSR count). The van der Waals surface area contributed by atoms with Crippen molar-refractivity contribution >= 4 is 23.3 Å². The maximum absolute atomic E-state index is 12.4. The Kier molecular flexibility index (Phi) is 7.06. The quantitative estimate of drug-likeness (QED) is 0.663. The number of hydrogen-bond donors (Lipinski definition) is 1. The maximum atomic E-state index is 12.4. The first-order valence-electron chi connectivity index (χ1n) is 9.74. The SMILES string of the molecule is CCOC(=O)CN(CC(=O)Nc1ccc(N2CCOCC2)cc1)CC1CC1. The summed E-state index contributed by atoms with van der Waals surface area (Å²) in [6.07, 6.45) is 2.34. The van der Waals surface area contributed by atoms with E-state index in [4.69, 9.17) is 9.47 Å². The lowest BCUT2D eigenvalue weighted by atomic mass is 10.2. The van der Waals surface area contributed by atoms with Crippen LogP contribution >= 0.6 is 0 Å². The van der Waals surface area contributed by atoms with Crippen molar-refractivity contribution in [3.63, 3.8) is 0 Å². The topological polar surface area (TPSA) is 71.1 Å². The highest BCUT2D eigenvalue weighted by molar-refractivity contribution is 5.92. The van der Waals surface area contributed by atoms with Crippen LogP contribution in [0.15, 0.2) is 24.3 Å². The summed E-state index contributed by atoms with van der Waals surface area (Å²) in [5, 5.41) is 2.93. The number of morpholine rings is 1. The largest absolute Gasteiger partial charge is 0.465 e.